The normalized spacial score (nSPS) is 12.0. The van der Waals surface area contributed by atoms with Gasteiger partial charge in [0.2, 0.25) is 5.91 Å². The molecule has 0 fully saturated rings. The molecule has 2 N–H and O–H groups in total. The van der Waals surface area contributed by atoms with Crippen molar-refractivity contribution < 1.29 is 4.79 Å². The number of nitrogens with one attached hydrogen (secondary N) is 2. The first-order chi connectivity index (χ1) is 11.0. The lowest BCUT2D eigenvalue weighted by atomic mass is 10.0. The highest BCUT2D eigenvalue weighted by atomic mass is 35.5. The van der Waals surface area contributed by atoms with Gasteiger partial charge in [-0.25, -0.2) is 0 Å². The Kier molecular flexibility index (Phi) is 6.05. The summed E-state index contributed by atoms with van der Waals surface area (Å²) in [6.45, 7) is 6.50. The maximum absolute atomic E-state index is 12.1. The van der Waals surface area contributed by atoms with E-state index in [2.05, 4.69) is 30.5 Å². The molecular formula is C19H23ClN2O. The van der Waals surface area contributed by atoms with E-state index in [0.29, 0.717) is 10.9 Å². The van der Waals surface area contributed by atoms with Crippen molar-refractivity contribution in [3.63, 3.8) is 0 Å². The minimum Gasteiger partial charge on any atom is -0.376 e. The van der Waals surface area contributed by atoms with Gasteiger partial charge in [-0.3, -0.25) is 4.79 Å². The molecule has 0 bridgehead atoms. The molecule has 0 heterocycles. The van der Waals surface area contributed by atoms with Crippen molar-refractivity contribution in [3.05, 3.63) is 64.7 Å². The molecule has 0 aromatic heterocycles. The van der Waals surface area contributed by atoms with Crippen LogP contribution in [0, 0.1) is 0 Å². The van der Waals surface area contributed by atoms with Gasteiger partial charge in [0.15, 0.2) is 0 Å². The Bertz CT molecular complexity index is 653. The largest absolute Gasteiger partial charge is 0.376 e. The molecule has 1 unspecified atom stereocenters. The topological polar surface area (TPSA) is 41.1 Å². The molecule has 0 saturated carbocycles. The first kappa shape index (κ1) is 17.4. The average Bonchev–Trinajstić information content (AvgIpc) is 2.53. The molecule has 1 atom stereocenters. The predicted molar refractivity (Wildman–Crippen MR) is 97.0 cm³/mol. The smallest absolute Gasteiger partial charge is 0.239 e. The molecule has 0 spiro atoms. The van der Waals surface area contributed by atoms with E-state index in [1.807, 2.05) is 49.4 Å². The second kappa shape index (κ2) is 8.02. The zero-order valence-electron chi connectivity index (χ0n) is 13.8. The van der Waals surface area contributed by atoms with Gasteiger partial charge in [-0.2, -0.15) is 0 Å². The van der Waals surface area contributed by atoms with E-state index < -0.39 is 0 Å². The summed E-state index contributed by atoms with van der Waals surface area (Å²) in [5.74, 6) is 0.376. The highest BCUT2D eigenvalue weighted by molar-refractivity contribution is 6.30. The summed E-state index contributed by atoms with van der Waals surface area (Å²) in [6, 6.07) is 15.5. The molecule has 23 heavy (non-hydrogen) atoms. The van der Waals surface area contributed by atoms with Crippen LogP contribution in [-0.2, 0) is 4.79 Å². The Morgan fingerprint density at radius 3 is 2.35 bits per heavy atom. The van der Waals surface area contributed by atoms with E-state index in [4.69, 9.17) is 11.6 Å². The molecule has 2 aromatic rings. The monoisotopic (exact) mass is 330 g/mol. The number of halogens is 1. The van der Waals surface area contributed by atoms with Gasteiger partial charge in [-0.05, 0) is 42.2 Å². The van der Waals surface area contributed by atoms with E-state index in [1.165, 1.54) is 5.56 Å². The first-order valence-electron chi connectivity index (χ1n) is 7.85. The van der Waals surface area contributed by atoms with Gasteiger partial charge in [0.25, 0.3) is 0 Å². The van der Waals surface area contributed by atoms with Crippen molar-refractivity contribution in [2.45, 2.75) is 32.7 Å². The summed E-state index contributed by atoms with van der Waals surface area (Å²) in [4.78, 5) is 12.1. The Balaban J connectivity index is 1.91. The summed E-state index contributed by atoms with van der Waals surface area (Å²) >= 11 is 5.88. The number of anilines is 1. The van der Waals surface area contributed by atoms with Gasteiger partial charge < -0.3 is 10.6 Å². The molecule has 1 amide bonds. The third kappa shape index (κ3) is 5.00. The van der Waals surface area contributed by atoms with Crippen LogP contribution in [-0.4, -0.2) is 12.5 Å². The molecule has 2 aromatic carbocycles. The fourth-order valence-electron chi connectivity index (χ4n) is 2.46. The maximum atomic E-state index is 12.1. The maximum Gasteiger partial charge on any atom is 0.239 e. The second-order valence-electron chi connectivity index (χ2n) is 5.94. The minimum atomic E-state index is -0.0538. The number of amides is 1. The molecule has 0 aliphatic heterocycles. The van der Waals surface area contributed by atoms with E-state index >= 15 is 0 Å². The Labute approximate surface area is 143 Å². The number of hydrogen-bond acceptors (Lipinski definition) is 2. The van der Waals surface area contributed by atoms with Crippen LogP contribution in [0.4, 0.5) is 5.69 Å². The fraction of sp³-hybridized carbons (Fsp3) is 0.316. The Hall–Kier alpha value is -2.00. The van der Waals surface area contributed by atoms with Crippen molar-refractivity contribution in [1.29, 1.82) is 0 Å². The van der Waals surface area contributed by atoms with Crippen molar-refractivity contribution in [3.8, 4) is 0 Å². The van der Waals surface area contributed by atoms with Crippen LogP contribution >= 0.6 is 11.6 Å². The fourth-order valence-corrected chi connectivity index (χ4v) is 2.59. The van der Waals surface area contributed by atoms with Crippen molar-refractivity contribution in [2.75, 3.05) is 11.9 Å². The third-order valence-electron chi connectivity index (χ3n) is 3.77. The van der Waals surface area contributed by atoms with Crippen LogP contribution in [0.2, 0.25) is 5.02 Å². The number of benzene rings is 2. The second-order valence-corrected chi connectivity index (χ2v) is 6.37. The molecule has 0 aliphatic rings. The number of hydrogen-bond donors (Lipinski definition) is 2. The molecule has 2 rings (SSSR count). The van der Waals surface area contributed by atoms with Gasteiger partial charge in [0.05, 0.1) is 12.6 Å². The van der Waals surface area contributed by atoms with Crippen LogP contribution in [0.15, 0.2) is 48.5 Å². The highest BCUT2D eigenvalue weighted by Gasteiger charge is 2.11. The SMILES string of the molecule is CC(C)c1ccccc1NCC(=O)NC(C)c1ccc(Cl)cc1. The van der Waals surface area contributed by atoms with Gasteiger partial charge in [-0.1, -0.05) is 55.8 Å². The average molecular weight is 331 g/mol. The van der Waals surface area contributed by atoms with Crippen LogP contribution in [0.5, 0.6) is 0 Å². The number of para-hydroxylation sites is 1. The van der Waals surface area contributed by atoms with E-state index in [1.54, 1.807) is 0 Å². The first-order valence-corrected chi connectivity index (χ1v) is 8.22. The molecule has 122 valence electrons. The molecule has 0 saturated heterocycles. The molecular weight excluding hydrogens is 308 g/mol. The quantitative estimate of drug-likeness (QED) is 0.802. The molecule has 4 heteroatoms. The van der Waals surface area contributed by atoms with E-state index in [-0.39, 0.29) is 18.5 Å². The lowest BCUT2D eigenvalue weighted by Gasteiger charge is -2.17. The van der Waals surface area contributed by atoms with Crippen molar-refractivity contribution >= 4 is 23.2 Å². The van der Waals surface area contributed by atoms with Crippen molar-refractivity contribution in [2.24, 2.45) is 0 Å². The number of rotatable bonds is 6. The van der Waals surface area contributed by atoms with Gasteiger partial charge in [0, 0.05) is 10.7 Å². The number of carbonyl (C=O) groups excluding carboxylic acids is 1. The van der Waals surface area contributed by atoms with Crippen LogP contribution in [0.25, 0.3) is 0 Å². The summed E-state index contributed by atoms with van der Waals surface area (Å²) in [5.41, 5.74) is 3.26. The predicted octanol–water partition coefficient (Wildman–Crippen LogP) is 4.75. The highest BCUT2D eigenvalue weighted by Crippen LogP contribution is 2.23. The van der Waals surface area contributed by atoms with Gasteiger partial charge >= 0.3 is 0 Å². The molecule has 3 nitrogen and oxygen atoms in total. The minimum absolute atomic E-state index is 0.0361. The summed E-state index contributed by atoms with van der Waals surface area (Å²) in [6.07, 6.45) is 0. The van der Waals surface area contributed by atoms with Gasteiger partial charge in [-0.15, -0.1) is 0 Å². The van der Waals surface area contributed by atoms with Crippen LogP contribution in [0.1, 0.15) is 43.9 Å². The zero-order valence-corrected chi connectivity index (χ0v) is 14.5. The Morgan fingerprint density at radius 1 is 1.04 bits per heavy atom. The standard InChI is InChI=1S/C19H23ClN2O/c1-13(2)17-6-4-5-7-18(17)21-12-19(23)22-14(3)15-8-10-16(20)11-9-15/h4-11,13-14,21H,12H2,1-3H3,(H,22,23). The lowest BCUT2D eigenvalue weighted by Crippen LogP contribution is -2.32. The summed E-state index contributed by atoms with van der Waals surface area (Å²) in [7, 11) is 0. The number of carbonyl (C=O) groups is 1. The van der Waals surface area contributed by atoms with E-state index in [9.17, 15) is 4.79 Å². The summed E-state index contributed by atoms with van der Waals surface area (Å²) < 4.78 is 0. The van der Waals surface area contributed by atoms with Gasteiger partial charge in [0.1, 0.15) is 0 Å². The summed E-state index contributed by atoms with van der Waals surface area (Å²) in [5, 5.41) is 6.91. The Morgan fingerprint density at radius 2 is 1.70 bits per heavy atom. The lowest BCUT2D eigenvalue weighted by molar-refractivity contribution is -0.120. The zero-order chi connectivity index (χ0) is 16.8. The third-order valence-corrected chi connectivity index (χ3v) is 4.02. The van der Waals surface area contributed by atoms with E-state index in [0.717, 1.165) is 11.3 Å². The molecule has 0 radical (unpaired) electrons. The van der Waals surface area contributed by atoms with Crippen LogP contribution in [0.3, 0.4) is 0 Å². The van der Waals surface area contributed by atoms with Crippen molar-refractivity contribution in [1.82, 2.24) is 5.32 Å². The van der Waals surface area contributed by atoms with Crippen LogP contribution < -0.4 is 10.6 Å². The molecule has 0 aliphatic carbocycles.